The highest BCUT2D eigenvalue weighted by atomic mass is 16.5. The molecule has 1 aromatic rings. The molecule has 0 aliphatic carbocycles. The van der Waals surface area contributed by atoms with Crippen LogP contribution in [0.2, 0.25) is 0 Å². The van der Waals surface area contributed by atoms with E-state index in [1.165, 1.54) is 19.4 Å². The number of piperidine rings is 1. The second-order valence-corrected chi connectivity index (χ2v) is 7.98. The monoisotopic (exact) mass is 375 g/mol. The topological polar surface area (TPSA) is 67.6 Å². The molecule has 152 valence electrons. The van der Waals surface area contributed by atoms with Crippen molar-refractivity contribution in [3.63, 3.8) is 0 Å². The third-order valence-corrected chi connectivity index (χ3v) is 6.04. The Hall–Kier alpha value is -1.75. The second kappa shape index (κ2) is 9.45. The number of benzene rings is 1. The molecule has 1 aliphatic rings. The lowest BCUT2D eigenvalue weighted by Crippen LogP contribution is -2.48. The van der Waals surface area contributed by atoms with Gasteiger partial charge in [-0.2, -0.15) is 0 Å². The Labute approximate surface area is 164 Å². The molecule has 1 amide bonds. The maximum absolute atomic E-state index is 12.7. The number of carbonyl (C=O) groups excluding carboxylic acids is 1. The Morgan fingerprint density at radius 2 is 1.70 bits per heavy atom. The van der Waals surface area contributed by atoms with E-state index < -0.39 is 6.10 Å². The van der Waals surface area contributed by atoms with Crippen molar-refractivity contribution in [3.8, 4) is 5.75 Å². The minimum Gasteiger partial charge on any atom is -0.480 e. The summed E-state index contributed by atoms with van der Waals surface area (Å²) in [5, 5.41) is 3.18. The molecule has 5 nitrogen and oxygen atoms in total. The molecule has 1 atom stereocenters. The van der Waals surface area contributed by atoms with Gasteiger partial charge in [-0.15, -0.1) is 0 Å². The molecular formula is C22H37N3O2. The third kappa shape index (κ3) is 5.16. The predicted molar refractivity (Wildman–Crippen MR) is 112 cm³/mol. The molecule has 0 aromatic heterocycles. The maximum atomic E-state index is 12.7. The summed E-state index contributed by atoms with van der Waals surface area (Å²) >= 11 is 0. The number of ether oxygens (including phenoxy) is 1. The number of hydrogen-bond acceptors (Lipinski definition) is 4. The van der Waals surface area contributed by atoms with Crippen LogP contribution in [-0.2, 0) is 4.79 Å². The normalized spacial score (nSPS) is 17.0. The summed E-state index contributed by atoms with van der Waals surface area (Å²) in [7, 11) is 0. The molecule has 1 aliphatic heterocycles. The highest BCUT2D eigenvalue weighted by molar-refractivity contribution is 5.81. The van der Waals surface area contributed by atoms with E-state index in [2.05, 4.69) is 17.1 Å². The number of amides is 1. The Morgan fingerprint density at radius 1 is 1.15 bits per heavy atom. The summed E-state index contributed by atoms with van der Waals surface area (Å²) in [4.78, 5) is 15.2. The van der Waals surface area contributed by atoms with Crippen LogP contribution in [0.4, 0.5) is 5.69 Å². The number of likely N-dealkylation sites (tertiary alicyclic amines) is 1. The van der Waals surface area contributed by atoms with Crippen molar-refractivity contribution < 1.29 is 9.53 Å². The largest absolute Gasteiger partial charge is 0.480 e. The van der Waals surface area contributed by atoms with E-state index in [0.29, 0.717) is 0 Å². The maximum Gasteiger partial charge on any atom is 0.260 e. The van der Waals surface area contributed by atoms with Crippen molar-refractivity contribution in [1.82, 2.24) is 10.2 Å². The van der Waals surface area contributed by atoms with E-state index in [9.17, 15) is 4.79 Å². The van der Waals surface area contributed by atoms with Crippen LogP contribution >= 0.6 is 0 Å². The van der Waals surface area contributed by atoms with Crippen LogP contribution in [0.1, 0.15) is 61.8 Å². The van der Waals surface area contributed by atoms with Crippen LogP contribution in [-0.4, -0.2) is 42.6 Å². The number of anilines is 1. The average molecular weight is 376 g/mol. The van der Waals surface area contributed by atoms with Gasteiger partial charge >= 0.3 is 0 Å². The van der Waals surface area contributed by atoms with Gasteiger partial charge < -0.3 is 20.7 Å². The number of unbranched alkanes of at least 4 members (excludes halogenated alkanes) is 1. The number of nitrogens with one attached hydrogen (secondary N) is 1. The Morgan fingerprint density at radius 3 is 2.22 bits per heavy atom. The van der Waals surface area contributed by atoms with Crippen molar-refractivity contribution >= 4 is 11.6 Å². The van der Waals surface area contributed by atoms with Crippen LogP contribution in [0.25, 0.3) is 0 Å². The minimum absolute atomic E-state index is 0.0343. The Kier molecular flexibility index (Phi) is 7.54. The van der Waals surface area contributed by atoms with Crippen LogP contribution in [0.5, 0.6) is 5.75 Å². The summed E-state index contributed by atoms with van der Waals surface area (Å²) in [5.41, 5.74) is 11.1. The molecule has 0 saturated carbocycles. The molecule has 5 heteroatoms. The average Bonchev–Trinajstić information content (AvgIpc) is 2.67. The quantitative estimate of drug-likeness (QED) is 0.714. The molecule has 3 N–H and O–H groups in total. The fraction of sp³-hybridized carbons (Fsp3) is 0.682. The van der Waals surface area contributed by atoms with Gasteiger partial charge in [0.05, 0.1) is 0 Å². The summed E-state index contributed by atoms with van der Waals surface area (Å²) in [6.07, 6.45) is 3.98. The molecule has 0 radical (unpaired) electrons. The number of hydrogen-bond donors (Lipinski definition) is 2. The van der Waals surface area contributed by atoms with Gasteiger partial charge in [0.15, 0.2) is 6.10 Å². The predicted octanol–water partition coefficient (Wildman–Crippen LogP) is 3.65. The second-order valence-electron chi connectivity index (χ2n) is 7.98. The first-order valence-corrected chi connectivity index (χ1v) is 10.3. The molecule has 2 rings (SSSR count). The molecule has 0 bridgehead atoms. The van der Waals surface area contributed by atoms with Crippen molar-refractivity contribution in [2.45, 2.75) is 79.4 Å². The summed E-state index contributed by atoms with van der Waals surface area (Å²) < 4.78 is 6.09. The lowest BCUT2D eigenvalue weighted by molar-refractivity contribution is -0.128. The first-order chi connectivity index (χ1) is 12.8. The van der Waals surface area contributed by atoms with E-state index in [4.69, 9.17) is 10.5 Å². The van der Waals surface area contributed by atoms with Crippen LogP contribution in [0.15, 0.2) is 0 Å². The number of nitrogen functional groups attached to an aromatic ring is 1. The van der Waals surface area contributed by atoms with Gasteiger partial charge in [0, 0.05) is 24.8 Å². The summed E-state index contributed by atoms with van der Waals surface area (Å²) in [6, 6.07) is 0.249. The first kappa shape index (κ1) is 21.5. The smallest absolute Gasteiger partial charge is 0.260 e. The molecule has 1 aromatic carbocycles. The lowest BCUT2D eigenvalue weighted by Gasteiger charge is -2.33. The van der Waals surface area contributed by atoms with Gasteiger partial charge in [-0.3, -0.25) is 4.79 Å². The Bertz CT molecular complexity index is 635. The van der Waals surface area contributed by atoms with E-state index >= 15 is 0 Å². The fourth-order valence-corrected chi connectivity index (χ4v) is 3.72. The van der Waals surface area contributed by atoms with E-state index in [1.807, 2.05) is 34.6 Å². The zero-order valence-corrected chi connectivity index (χ0v) is 17.9. The Balaban J connectivity index is 1.94. The van der Waals surface area contributed by atoms with Gasteiger partial charge in [-0.1, -0.05) is 13.3 Å². The van der Waals surface area contributed by atoms with Crippen molar-refractivity contribution in [2.24, 2.45) is 0 Å². The van der Waals surface area contributed by atoms with Gasteiger partial charge in [-0.05, 0) is 82.7 Å². The molecular weight excluding hydrogens is 338 g/mol. The fourth-order valence-electron chi connectivity index (χ4n) is 3.72. The van der Waals surface area contributed by atoms with Crippen LogP contribution < -0.4 is 15.8 Å². The zero-order valence-electron chi connectivity index (χ0n) is 17.9. The zero-order chi connectivity index (χ0) is 20.1. The van der Waals surface area contributed by atoms with Crippen LogP contribution in [0.3, 0.4) is 0 Å². The van der Waals surface area contributed by atoms with Gasteiger partial charge in [0.25, 0.3) is 5.91 Å². The van der Waals surface area contributed by atoms with Gasteiger partial charge in [-0.25, -0.2) is 0 Å². The van der Waals surface area contributed by atoms with Crippen LogP contribution in [0, 0.1) is 27.7 Å². The van der Waals surface area contributed by atoms with Crippen molar-refractivity contribution in [3.05, 3.63) is 22.3 Å². The molecule has 1 unspecified atom stereocenters. The minimum atomic E-state index is -0.525. The molecule has 27 heavy (non-hydrogen) atoms. The third-order valence-electron chi connectivity index (χ3n) is 6.04. The van der Waals surface area contributed by atoms with E-state index in [0.717, 1.165) is 59.6 Å². The molecule has 0 spiro atoms. The number of nitrogens with two attached hydrogens (primary N) is 1. The number of nitrogens with zero attached hydrogens (tertiary/aromatic N) is 1. The lowest BCUT2D eigenvalue weighted by atomic mass is 9.97. The molecule has 1 fully saturated rings. The SMILES string of the molecule is CCCCN1CCC(NC(=O)C(C)Oc2c(C)c(C)c(N)c(C)c2C)CC1. The highest BCUT2D eigenvalue weighted by Gasteiger charge is 2.24. The summed E-state index contributed by atoms with van der Waals surface area (Å²) in [5.74, 6) is 0.754. The molecule has 1 heterocycles. The number of carbonyl (C=O) groups is 1. The van der Waals surface area contributed by atoms with Crippen molar-refractivity contribution in [1.29, 1.82) is 0 Å². The van der Waals surface area contributed by atoms with Crippen molar-refractivity contribution in [2.75, 3.05) is 25.4 Å². The van der Waals surface area contributed by atoms with E-state index in [1.54, 1.807) is 0 Å². The standard InChI is InChI=1S/C22H37N3O2/c1-7-8-11-25-12-9-19(10-13-25)24-22(26)18(6)27-21-16(4)14(2)20(23)15(3)17(21)5/h18-19H,7-13,23H2,1-6H3,(H,24,26). The number of rotatable bonds is 7. The van der Waals surface area contributed by atoms with E-state index in [-0.39, 0.29) is 11.9 Å². The highest BCUT2D eigenvalue weighted by Crippen LogP contribution is 2.34. The first-order valence-electron chi connectivity index (χ1n) is 10.3. The van der Waals surface area contributed by atoms with Gasteiger partial charge in [0.2, 0.25) is 0 Å². The summed E-state index contributed by atoms with van der Waals surface area (Å²) in [6.45, 7) is 15.4. The van der Waals surface area contributed by atoms with Gasteiger partial charge in [0.1, 0.15) is 5.75 Å². The molecule has 1 saturated heterocycles.